The lowest BCUT2D eigenvalue weighted by atomic mass is 10.00. The van der Waals surface area contributed by atoms with Gasteiger partial charge in [0.2, 0.25) is 5.91 Å². The summed E-state index contributed by atoms with van der Waals surface area (Å²) in [6.45, 7) is 3.57. The van der Waals surface area contributed by atoms with Gasteiger partial charge in [-0.2, -0.15) is 0 Å². The topological polar surface area (TPSA) is 57.6 Å². The highest BCUT2D eigenvalue weighted by molar-refractivity contribution is 8.04. The smallest absolute Gasteiger partial charge is 0.353 e. The zero-order chi connectivity index (χ0) is 9.75. The fraction of sp³-hybridized carbons (Fsp3) is 0.500. The van der Waals surface area contributed by atoms with Crippen molar-refractivity contribution >= 4 is 23.6 Å². The van der Waals surface area contributed by atoms with Crippen LogP contribution in [0.1, 0.15) is 13.8 Å². The summed E-state index contributed by atoms with van der Waals surface area (Å²) in [5, 5.41) is 8.87. The third kappa shape index (κ3) is 0.934. The first-order valence-corrected chi connectivity index (χ1v) is 4.86. The van der Waals surface area contributed by atoms with Gasteiger partial charge < -0.3 is 5.11 Å². The summed E-state index contributed by atoms with van der Waals surface area (Å²) in [5.74, 6) is -1.13. The first-order chi connectivity index (χ1) is 6.04. The molecule has 0 aliphatic carbocycles. The molecule has 0 saturated carbocycles. The van der Waals surface area contributed by atoms with E-state index in [9.17, 15) is 9.59 Å². The molecule has 0 bridgehead atoms. The largest absolute Gasteiger partial charge is 0.477 e. The average Bonchev–Trinajstić information content (AvgIpc) is 2.39. The van der Waals surface area contributed by atoms with E-state index in [1.54, 1.807) is 6.92 Å². The summed E-state index contributed by atoms with van der Waals surface area (Å²) in [6.07, 6.45) is 0. The molecule has 0 aromatic heterocycles. The third-order valence-electron chi connectivity index (χ3n) is 2.38. The van der Waals surface area contributed by atoms with Crippen molar-refractivity contribution in [2.45, 2.75) is 19.2 Å². The summed E-state index contributed by atoms with van der Waals surface area (Å²) in [7, 11) is 0. The van der Waals surface area contributed by atoms with Gasteiger partial charge >= 0.3 is 5.97 Å². The molecule has 2 heterocycles. The van der Waals surface area contributed by atoms with E-state index in [2.05, 4.69) is 0 Å². The molecule has 70 valence electrons. The van der Waals surface area contributed by atoms with Crippen molar-refractivity contribution in [2.24, 2.45) is 5.92 Å². The Hall–Kier alpha value is -0.970. The number of β-lactam (4-membered cyclic amide) rings is 1. The number of hydrogen-bond donors (Lipinski definition) is 1. The molecule has 2 aliphatic heterocycles. The SMILES string of the molecule is CC1=C(C(=O)O)N2C(=O)[C@H](C)[C@H]2S1. The number of allylic oxidation sites excluding steroid dienone is 1. The molecule has 5 heteroatoms. The van der Waals surface area contributed by atoms with Crippen molar-refractivity contribution < 1.29 is 14.7 Å². The molecule has 2 aliphatic rings. The highest BCUT2D eigenvalue weighted by Gasteiger charge is 2.52. The van der Waals surface area contributed by atoms with Gasteiger partial charge in [0.25, 0.3) is 0 Å². The molecule has 1 saturated heterocycles. The molecule has 4 nitrogen and oxygen atoms in total. The Morgan fingerprint density at radius 2 is 2.23 bits per heavy atom. The zero-order valence-electron chi connectivity index (χ0n) is 7.27. The zero-order valence-corrected chi connectivity index (χ0v) is 8.09. The van der Waals surface area contributed by atoms with Crippen molar-refractivity contribution in [2.75, 3.05) is 0 Å². The first-order valence-electron chi connectivity index (χ1n) is 3.98. The number of aliphatic carboxylic acids is 1. The van der Waals surface area contributed by atoms with Crippen molar-refractivity contribution in [3.05, 3.63) is 10.6 Å². The number of amides is 1. The number of carbonyl (C=O) groups excluding carboxylic acids is 1. The minimum absolute atomic E-state index is 0.0265. The molecule has 2 atom stereocenters. The lowest BCUT2D eigenvalue weighted by Gasteiger charge is -2.40. The van der Waals surface area contributed by atoms with Gasteiger partial charge in [0.05, 0.1) is 11.3 Å². The Morgan fingerprint density at radius 3 is 2.77 bits per heavy atom. The molecule has 1 fully saturated rings. The fourth-order valence-corrected chi connectivity index (χ4v) is 2.96. The third-order valence-corrected chi connectivity index (χ3v) is 3.79. The maximum Gasteiger partial charge on any atom is 0.353 e. The van der Waals surface area contributed by atoms with Crippen LogP contribution < -0.4 is 0 Å². The van der Waals surface area contributed by atoms with Crippen LogP contribution in [-0.2, 0) is 9.59 Å². The number of nitrogens with zero attached hydrogens (tertiary/aromatic N) is 1. The van der Waals surface area contributed by atoms with Crippen molar-refractivity contribution in [1.29, 1.82) is 0 Å². The number of hydrogen-bond acceptors (Lipinski definition) is 3. The Bertz CT molecular complexity index is 336. The Kier molecular flexibility index (Phi) is 1.66. The van der Waals surface area contributed by atoms with E-state index in [4.69, 9.17) is 5.11 Å². The van der Waals surface area contributed by atoms with Crippen molar-refractivity contribution in [3.63, 3.8) is 0 Å². The predicted octanol–water partition coefficient (Wildman–Crippen LogP) is 0.854. The van der Waals surface area contributed by atoms with Gasteiger partial charge in [0.15, 0.2) is 0 Å². The quantitative estimate of drug-likeness (QED) is 0.636. The van der Waals surface area contributed by atoms with E-state index in [-0.39, 0.29) is 22.9 Å². The fourth-order valence-electron chi connectivity index (χ4n) is 1.66. The minimum Gasteiger partial charge on any atom is -0.477 e. The van der Waals surface area contributed by atoms with Crippen molar-refractivity contribution in [3.8, 4) is 0 Å². The molecular weight excluding hydrogens is 190 g/mol. The Balaban J connectivity index is 2.34. The Labute approximate surface area is 79.6 Å². The molecule has 0 spiro atoms. The van der Waals surface area contributed by atoms with Gasteiger partial charge in [-0.1, -0.05) is 6.92 Å². The number of rotatable bonds is 1. The highest BCUT2D eigenvalue weighted by Crippen LogP contribution is 2.48. The molecular formula is C8H9NO3S. The first kappa shape index (κ1) is 8.62. The second-order valence-electron chi connectivity index (χ2n) is 3.22. The van der Waals surface area contributed by atoms with Crippen LogP contribution in [0, 0.1) is 5.92 Å². The van der Waals surface area contributed by atoms with Crippen LogP contribution in [-0.4, -0.2) is 27.3 Å². The van der Waals surface area contributed by atoms with Gasteiger partial charge in [0.1, 0.15) is 5.70 Å². The predicted molar refractivity (Wildman–Crippen MR) is 47.7 cm³/mol. The van der Waals surface area contributed by atoms with Gasteiger partial charge in [-0.15, -0.1) is 11.8 Å². The number of carboxylic acids is 1. The molecule has 0 aromatic rings. The number of carbonyl (C=O) groups is 2. The summed E-state index contributed by atoms with van der Waals surface area (Å²) in [4.78, 5) is 24.2. The molecule has 0 aromatic carbocycles. The van der Waals surface area contributed by atoms with Crippen LogP contribution in [0.3, 0.4) is 0 Å². The summed E-state index contributed by atoms with van der Waals surface area (Å²) in [6, 6.07) is 0. The lowest BCUT2D eigenvalue weighted by molar-refractivity contribution is -0.150. The molecule has 2 rings (SSSR count). The maximum atomic E-state index is 11.3. The van der Waals surface area contributed by atoms with E-state index >= 15 is 0 Å². The minimum atomic E-state index is -1.01. The molecule has 0 unspecified atom stereocenters. The molecule has 1 N–H and O–H groups in total. The average molecular weight is 199 g/mol. The van der Waals surface area contributed by atoms with Gasteiger partial charge in [-0.05, 0) is 6.92 Å². The van der Waals surface area contributed by atoms with Gasteiger partial charge in [-0.25, -0.2) is 4.79 Å². The van der Waals surface area contributed by atoms with Crippen molar-refractivity contribution in [1.82, 2.24) is 4.90 Å². The van der Waals surface area contributed by atoms with E-state index in [0.29, 0.717) is 0 Å². The van der Waals surface area contributed by atoms with Crippen LogP contribution in [0.5, 0.6) is 0 Å². The number of thioether (sulfide) groups is 1. The van der Waals surface area contributed by atoms with E-state index < -0.39 is 5.97 Å². The second kappa shape index (κ2) is 2.51. The van der Waals surface area contributed by atoms with Crippen LogP contribution in [0.2, 0.25) is 0 Å². The van der Waals surface area contributed by atoms with Crippen LogP contribution in [0.25, 0.3) is 0 Å². The highest BCUT2D eigenvalue weighted by atomic mass is 32.2. The summed E-state index contributed by atoms with van der Waals surface area (Å²) < 4.78 is 0. The maximum absolute atomic E-state index is 11.3. The summed E-state index contributed by atoms with van der Waals surface area (Å²) >= 11 is 1.47. The lowest BCUT2D eigenvalue weighted by Crippen LogP contribution is -2.55. The van der Waals surface area contributed by atoms with Crippen LogP contribution in [0.4, 0.5) is 0 Å². The van der Waals surface area contributed by atoms with E-state index in [0.717, 1.165) is 4.91 Å². The van der Waals surface area contributed by atoms with E-state index in [1.807, 2.05) is 6.92 Å². The van der Waals surface area contributed by atoms with E-state index in [1.165, 1.54) is 16.7 Å². The number of carboxylic acid groups (broad SMARTS) is 1. The second-order valence-corrected chi connectivity index (χ2v) is 4.55. The molecule has 13 heavy (non-hydrogen) atoms. The summed E-state index contributed by atoms with van der Waals surface area (Å²) in [5.41, 5.74) is 0.165. The van der Waals surface area contributed by atoms with Crippen LogP contribution >= 0.6 is 11.8 Å². The van der Waals surface area contributed by atoms with Gasteiger partial charge in [-0.3, -0.25) is 9.69 Å². The normalized spacial score (nSPS) is 31.8. The number of fused-ring (bicyclic) bond motifs is 1. The molecule has 1 amide bonds. The molecule has 0 radical (unpaired) electrons. The van der Waals surface area contributed by atoms with Gasteiger partial charge in [0, 0.05) is 4.91 Å². The van der Waals surface area contributed by atoms with Crippen LogP contribution in [0.15, 0.2) is 10.6 Å². The Morgan fingerprint density at radius 1 is 1.62 bits per heavy atom. The standard InChI is InChI=1S/C8H9NO3S/c1-3-6(10)9-5(8(11)12)4(2)13-7(3)9/h3,7H,1-2H3,(H,11,12)/t3-,7+/m0/s1. The monoisotopic (exact) mass is 199 g/mol.